The molecule has 108 valence electrons. The quantitative estimate of drug-likeness (QED) is 0.439. The molecule has 0 bridgehead atoms. The minimum Gasteiger partial charge on any atom is -0.468 e. The molecule has 2 aliphatic rings. The minimum atomic E-state index is -1.33. The molecular formula is C16H20O4. The Balaban J connectivity index is 2.46. The second kappa shape index (κ2) is 5.65. The normalized spacial score (nSPS) is 27.2. The number of allylic oxidation sites excluding steroid dienone is 5. The van der Waals surface area contributed by atoms with Crippen molar-refractivity contribution in [3.63, 3.8) is 0 Å². The van der Waals surface area contributed by atoms with Crippen LogP contribution < -0.4 is 0 Å². The molecule has 20 heavy (non-hydrogen) atoms. The molecule has 1 saturated carbocycles. The molecule has 0 amide bonds. The van der Waals surface area contributed by atoms with E-state index < -0.39 is 17.4 Å². The number of hydrogen-bond donors (Lipinski definition) is 0. The Kier molecular flexibility index (Phi) is 4.12. The number of rotatable bonds is 5. The summed E-state index contributed by atoms with van der Waals surface area (Å²) in [6.07, 6.45) is 10.7. The van der Waals surface area contributed by atoms with Crippen molar-refractivity contribution in [2.45, 2.75) is 12.8 Å². The molecule has 0 saturated heterocycles. The third-order valence-corrected chi connectivity index (χ3v) is 4.27. The highest BCUT2D eigenvalue weighted by Gasteiger charge is 2.59. The van der Waals surface area contributed by atoms with Gasteiger partial charge in [-0.25, -0.2) is 0 Å². The van der Waals surface area contributed by atoms with Crippen LogP contribution in [-0.4, -0.2) is 26.2 Å². The number of fused-ring (bicyclic) bond motifs is 1. The lowest BCUT2D eigenvalue weighted by atomic mass is 9.69. The van der Waals surface area contributed by atoms with E-state index in [1.54, 1.807) is 6.08 Å². The highest BCUT2D eigenvalue weighted by molar-refractivity contribution is 6.01. The van der Waals surface area contributed by atoms with Gasteiger partial charge in [0.1, 0.15) is 0 Å². The Bertz CT molecular complexity index is 459. The largest absolute Gasteiger partial charge is 0.468 e. The first kappa shape index (κ1) is 14.6. The third-order valence-electron chi connectivity index (χ3n) is 4.27. The summed E-state index contributed by atoms with van der Waals surface area (Å²) in [6, 6.07) is 0. The highest BCUT2D eigenvalue weighted by atomic mass is 16.5. The van der Waals surface area contributed by atoms with Gasteiger partial charge in [-0.15, -0.1) is 6.58 Å². The van der Waals surface area contributed by atoms with E-state index in [1.165, 1.54) is 14.2 Å². The lowest BCUT2D eigenvalue weighted by Crippen LogP contribution is -2.47. The monoisotopic (exact) mass is 276 g/mol. The summed E-state index contributed by atoms with van der Waals surface area (Å²) < 4.78 is 9.82. The lowest BCUT2D eigenvalue weighted by Gasteiger charge is -2.33. The van der Waals surface area contributed by atoms with Gasteiger partial charge >= 0.3 is 11.9 Å². The molecule has 1 fully saturated rings. The standard InChI is InChI=1S/C16H20O4/c1-4-9-16(14(17)19-2,15(18)20-3)13-8-6-5-7-11-10-12(11)13/h4-8,11-13H,1,9-10H2,2-3H3/t11-,12+,13-/m0/s1. The average Bonchev–Trinajstić information content (AvgIpc) is 3.23. The van der Waals surface area contributed by atoms with Crippen LogP contribution in [0.1, 0.15) is 12.8 Å². The number of hydrogen-bond acceptors (Lipinski definition) is 4. The molecule has 4 heteroatoms. The summed E-state index contributed by atoms with van der Waals surface area (Å²) in [5.41, 5.74) is -1.33. The van der Waals surface area contributed by atoms with Gasteiger partial charge in [-0.05, 0) is 24.7 Å². The first-order chi connectivity index (χ1) is 9.61. The predicted octanol–water partition coefficient (Wildman–Crippen LogP) is 2.27. The van der Waals surface area contributed by atoms with Gasteiger partial charge in [0.15, 0.2) is 5.41 Å². The van der Waals surface area contributed by atoms with Gasteiger partial charge < -0.3 is 9.47 Å². The Hall–Kier alpha value is -1.84. The van der Waals surface area contributed by atoms with E-state index >= 15 is 0 Å². The molecule has 4 nitrogen and oxygen atoms in total. The van der Waals surface area contributed by atoms with E-state index in [-0.39, 0.29) is 18.3 Å². The molecule has 0 aromatic heterocycles. The zero-order chi connectivity index (χ0) is 14.8. The first-order valence-corrected chi connectivity index (χ1v) is 6.74. The van der Waals surface area contributed by atoms with Crippen molar-refractivity contribution in [3.8, 4) is 0 Å². The zero-order valence-corrected chi connectivity index (χ0v) is 11.9. The number of esters is 2. The fourth-order valence-corrected chi connectivity index (χ4v) is 3.18. The molecule has 2 rings (SSSR count). The molecule has 3 atom stereocenters. The van der Waals surface area contributed by atoms with Gasteiger partial charge in [0.05, 0.1) is 14.2 Å². The van der Waals surface area contributed by atoms with Crippen molar-refractivity contribution in [1.82, 2.24) is 0 Å². The molecule has 0 N–H and O–H groups in total. The smallest absolute Gasteiger partial charge is 0.324 e. The van der Waals surface area contributed by atoms with Crippen LogP contribution in [-0.2, 0) is 19.1 Å². The number of carbonyl (C=O) groups is 2. The number of methoxy groups -OCH3 is 2. The highest BCUT2D eigenvalue weighted by Crippen LogP contribution is 2.55. The number of carbonyl (C=O) groups excluding carboxylic acids is 2. The van der Waals surface area contributed by atoms with Crippen LogP contribution in [0.2, 0.25) is 0 Å². The van der Waals surface area contributed by atoms with Crippen molar-refractivity contribution in [2.24, 2.45) is 23.2 Å². The van der Waals surface area contributed by atoms with E-state index in [0.29, 0.717) is 5.92 Å². The minimum absolute atomic E-state index is 0.213. The molecule has 0 spiro atoms. The van der Waals surface area contributed by atoms with Crippen LogP contribution in [0.4, 0.5) is 0 Å². The third kappa shape index (κ3) is 2.19. The van der Waals surface area contributed by atoms with Crippen LogP contribution in [0, 0.1) is 23.2 Å². The van der Waals surface area contributed by atoms with E-state index in [0.717, 1.165) is 6.42 Å². The van der Waals surface area contributed by atoms with E-state index in [9.17, 15) is 9.59 Å². The average molecular weight is 276 g/mol. The maximum absolute atomic E-state index is 12.4. The molecule has 0 aromatic rings. The molecule has 0 radical (unpaired) electrons. The van der Waals surface area contributed by atoms with Crippen molar-refractivity contribution >= 4 is 11.9 Å². The SMILES string of the molecule is C=CCC(C(=O)OC)(C(=O)OC)[C@H]1C=CC=C[C@H]2C[C@H]21. The van der Waals surface area contributed by atoms with Crippen molar-refractivity contribution in [1.29, 1.82) is 0 Å². The molecule has 2 aliphatic carbocycles. The van der Waals surface area contributed by atoms with Gasteiger partial charge in [-0.1, -0.05) is 30.4 Å². The van der Waals surface area contributed by atoms with Gasteiger partial charge in [-0.3, -0.25) is 9.59 Å². The van der Waals surface area contributed by atoms with Crippen LogP contribution in [0.3, 0.4) is 0 Å². The fourth-order valence-electron chi connectivity index (χ4n) is 3.18. The fraction of sp³-hybridized carbons (Fsp3) is 0.500. The number of ether oxygens (including phenoxy) is 2. The summed E-state index contributed by atoms with van der Waals surface area (Å²) in [7, 11) is 2.60. The maximum atomic E-state index is 12.4. The van der Waals surface area contributed by atoms with Crippen LogP contribution >= 0.6 is 0 Å². The van der Waals surface area contributed by atoms with E-state index in [1.807, 2.05) is 18.2 Å². The first-order valence-electron chi connectivity index (χ1n) is 6.74. The van der Waals surface area contributed by atoms with Crippen LogP contribution in [0.5, 0.6) is 0 Å². The Morgan fingerprint density at radius 2 is 1.85 bits per heavy atom. The lowest BCUT2D eigenvalue weighted by molar-refractivity contribution is -0.173. The van der Waals surface area contributed by atoms with Crippen LogP contribution in [0.15, 0.2) is 37.0 Å². The van der Waals surface area contributed by atoms with Crippen molar-refractivity contribution in [3.05, 3.63) is 37.0 Å². The predicted molar refractivity (Wildman–Crippen MR) is 74.6 cm³/mol. The molecule has 0 unspecified atom stereocenters. The second-order valence-corrected chi connectivity index (χ2v) is 5.31. The van der Waals surface area contributed by atoms with Crippen molar-refractivity contribution in [2.75, 3.05) is 14.2 Å². The zero-order valence-electron chi connectivity index (χ0n) is 11.9. The molecule has 0 aromatic carbocycles. The molecule has 0 heterocycles. The summed E-state index contributed by atoms with van der Waals surface area (Å²) in [5, 5.41) is 0. The van der Waals surface area contributed by atoms with Gasteiger partial charge in [0.2, 0.25) is 0 Å². The van der Waals surface area contributed by atoms with Gasteiger partial charge in [0, 0.05) is 5.92 Å². The second-order valence-electron chi connectivity index (χ2n) is 5.31. The Morgan fingerprint density at radius 1 is 1.25 bits per heavy atom. The Morgan fingerprint density at radius 3 is 2.40 bits per heavy atom. The summed E-state index contributed by atoms with van der Waals surface area (Å²) in [5.74, 6) is -0.616. The van der Waals surface area contributed by atoms with Crippen LogP contribution in [0.25, 0.3) is 0 Å². The molecule has 0 aliphatic heterocycles. The Labute approximate surface area is 119 Å². The van der Waals surface area contributed by atoms with E-state index in [2.05, 4.69) is 12.7 Å². The van der Waals surface area contributed by atoms with Crippen molar-refractivity contribution < 1.29 is 19.1 Å². The summed E-state index contributed by atoms with van der Waals surface area (Å²) in [4.78, 5) is 24.7. The van der Waals surface area contributed by atoms with Gasteiger partial charge in [-0.2, -0.15) is 0 Å². The summed E-state index contributed by atoms with van der Waals surface area (Å²) in [6.45, 7) is 3.68. The maximum Gasteiger partial charge on any atom is 0.324 e. The summed E-state index contributed by atoms with van der Waals surface area (Å²) >= 11 is 0. The topological polar surface area (TPSA) is 52.6 Å². The van der Waals surface area contributed by atoms with Gasteiger partial charge in [0.25, 0.3) is 0 Å². The van der Waals surface area contributed by atoms with E-state index in [4.69, 9.17) is 9.47 Å². The molecular weight excluding hydrogens is 256 g/mol.